The van der Waals surface area contributed by atoms with Crippen LogP contribution in [0.25, 0.3) is 0 Å². The van der Waals surface area contributed by atoms with Crippen molar-refractivity contribution in [2.24, 2.45) is 0 Å². The SMILES string of the molecule is CC(C)n1cc(Oc2ncccc2Br)cn1. The first-order chi connectivity index (χ1) is 7.66. The summed E-state index contributed by atoms with van der Waals surface area (Å²) in [6.07, 6.45) is 5.22. The van der Waals surface area contributed by atoms with E-state index in [1.165, 1.54) is 0 Å². The molecule has 0 atom stereocenters. The minimum Gasteiger partial charge on any atom is -0.435 e. The van der Waals surface area contributed by atoms with Crippen LogP contribution in [-0.4, -0.2) is 14.8 Å². The van der Waals surface area contributed by atoms with Crippen molar-refractivity contribution in [1.29, 1.82) is 0 Å². The van der Waals surface area contributed by atoms with Gasteiger partial charge in [0.15, 0.2) is 5.75 Å². The number of halogens is 1. The van der Waals surface area contributed by atoms with Gasteiger partial charge in [0.25, 0.3) is 0 Å². The van der Waals surface area contributed by atoms with Crippen LogP contribution in [0.4, 0.5) is 0 Å². The average molecular weight is 282 g/mol. The Morgan fingerprint density at radius 3 is 2.88 bits per heavy atom. The lowest BCUT2D eigenvalue weighted by molar-refractivity contribution is 0.456. The lowest BCUT2D eigenvalue weighted by Crippen LogP contribution is -1.99. The second kappa shape index (κ2) is 4.65. The molecule has 0 spiro atoms. The number of hydrogen-bond acceptors (Lipinski definition) is 3. The molecular weight excluding hydrogens is 270 g/mol. The highest BCUT2D eigenvalue weighted by atomic mass is 79.9. The van der Waals surface area contributed by atoms with Gasteiger partial charge in [-0.25, -0.2) is 4.98 Å². The van der Waals surface area contributed by atoms with Crippen molar-refractivity contribution in [3.8, 4) is 11.6 Å². The van der Waals surface area contributed by atoms with Crippen LogP contribution in [0.1, 0.15) is 19.9 Å². The predicted molar refractivity (Wildman–Crippen MR) is 64.6 cm³/mol. The van der Waals surface area contributed by atoms with Crippen LogP contribution in [0.5, 0.6) is 11.6 Å². The number of nitrogens with zero attached hydrogens (tertiary/aromatic N) is 3. The van der Waals surface area contributed by atoms with Gasteiger partial charge in [-0.3, -0.25) is 4.68 Å². The van der Waals surface area contributed by atoms with Gasteiger partial charge in [-0.2, -0.15) is 5.10 Å². The Balaban J connectivity index is 2.18. The molecule has 0 aliphatic rings. The molecule has 0 saturated carbocycles. The van der Waals surface area contributed by atoms with E-state index in [0.29, 0.717) is 17.7 Å². The summed E-state index contributed by atoms with van der Waals surface area (Å²) in [6, 6.07) is 4.05. The van der Waals surface area contributed by atoms with Crippen LogP contribution < -0.4 is 4.74 Å². The summed E-state index contributed by atoms with van der Waals surface area (Å²) in [7, 11) is 0. The van der Waals surface area contributed by atoms with Gasteiger partial charge >= 0.3 is 0 Å². The van der Waals surface area contributed by atoms with E-state index in [0.717, 1.165) is 4.47 Å². The Kier molecular flexibility index (Phi) is 3.24. The second-order valence-electron chi connectivity index (χ2n) is 3.64. The molecule has 2 aromatic rings. The molecule has 0 saturated heterocycles. The van der Waals surface area contributed by atoms with E-state index in [2.05, 4.69) is 39.9 Å². The largest absolute Gasteiger partial charge is 0.435 e. The molecule has 0 unspecified atom stereocenters. The van der Waals surface area contributed by atoms with E-state index in [4.69, 9.17) is 4.74 Å². The molecule has 0 aromatic carbocycles. The quantitative estimate of drug-likeness (QED) is 0.866. The lowest BCUT2D eigenvalue weighted by Gasteiger charge is -2.04. The monoisotopic (exact) mass is 281 g/mol. The van der Waals surface area contributed by atoms with Crippen LogP contribution in [0.15, 0.2) is 35.2 Å². The lowest BCUT2D eigenvalue weighted by atomic mass is 10.4. The summed E-state index contributed by atoms with van der Waals surface area (Å²) in [5, 5.41) is 4.19. The van der Waals surface area contributed by atoms with Gasteiger partial charge in [0, 0.05) is 12.2 Å². The van der Waals surface area contributed by atoms with Gasteiger partial charge < -0.3 is 4.74 Å². The highest BCUT2D eigenvalue weighted by Gasteiger charge is 2.06. The second-order valence-corrected chi connectivity index (χ2v) is 4.50. The Bertz CT molecular complexity index is 482. The number of hydrogen-bond donors (Lipinski definition) is 0. The molecule has 0 fully saturated rings. The van der Waals surface area contributed by atoms with Crippen LogP contribution in [0.2, 0.25) is 0 Å². The van der Waals surface area contributed by atoms with Crippen LogP contribution >= 0.6 is 15.9 Å². The fraction of sp³-hybridized carbons (Fsp3) is 0.273. The third-order valence-electron chi connectivity index (χ3n) is 2.05. The Morgan fingerprint density at radius 2 is 2.25 bits per heavy atom. The van der Waals surface area contributed by atoms with Gasteiger partial charge in [-0.05, 0) is 41.9 Å². The summed E-state index contributed by atoms with van der Waals surface area (Å²) >= 11 is 3.37. The van der Waals surface area contributed by atoms with E-state index in [-0.39, 0.29) is 0 Å². The Labute approximate surface area is 102 Å². The van der Waals surface area contributed by atoms with Crippen molar-refractivity contribution in [3.05, 3.63) is 35.2 Å². The van der Waals surface area contributed by atoms with Gasteiger partial charge in [0.1, 0.15) is 0 Å². The number of ether oxygens (including phenoxy) is 1. The third-order valence-corrected chi connectivity index (χ3v) is 2.65. The van der Waals surface area contributed by atoms with Gasteiger partial charge in [0.2, 0.25) is 5.88 Å². The number of aromatic nitrogens is 3. The van der Waals surface area contributed by atoms with Crippen LogP contribution in [0.3, 0.4) is 0 Å². The molecule has 4 nitrogen and oxygen atoms in total. The summed E-state index contributed by atoms with van der Waals surface area (Å²) in [5.74, 6) is 1.24. The molecular formula is C11H12BrN3O. The number of pyridine rings is 1. The van der Waals surface area contributed by atoms with E-state index >= 15 is 0 Å². The van der Waals surface area contributed by atoms with Crippen molar-refractivity contribution in [3.63, 3.8) is 0 Å². The molecule has 5 heteroatoms. The maximum atomic E-state index is 5.60. The van der Waals surface area contributed by atoms with Crippen molar-refractivity contribution in [2.45, 2.75) is 19.9 Å². The molecule has 0 bridgehead atoms. The highest BCUT2D eigenvalue weighted by Crippen LogP contribution is 2.26. The summed E-state index contributed by atoms with van der Waals surface area (Å²) < 4.78 is 8.26. The maximum absolute atomic E-state index is 5.60. The van der Waals surface area contributed by atoms with Crippen molar-refractivity contribution < 1.29 is 4.74 Å². The smallest absolute Gasteiger partial charge is 0.233 e. The number of rotatable bonds is 3. The maximum Gasteiger partial charge on any atom is 0.233 e. The van der Waals surface area contributed by atoms with E-state index in [1.54, 1.807) is 12.4 Å². The van der Waals surface area contributed by atoms with Gasteiger partial charge in [-0.1, -0.05) is 0 Å². The zero-order valence-corrected chi connectivity index (χ0v) is 10.7. The Hall–Kier alpha value is -1.36. The first kappa shape index (κ1) is 11.1. The molecule has 16 heavy (non-hydrogen) atoms. The predicted octanol–water partition coefficient (Wildman–Crippen LogP) is 3.41. The van der Waals surface area contributed by atoms with Gasteiger partial charge in [-0.15, -0.1) is 0 Å². The van der Waals surface area contributed by atoms with Crippen LogP contribution in [0, 0.1) is 0 Å². The minimum absolute atomic E-state index is 0.324. The van der Waals surface area contributed by atoms with Crippen molar-refractivity contribution >= 4 is 15.9 Å². The zero-order valence-electron chi connectivity index (χ0n) is 9.09. The normalized spacial score (nSPS) is 10.8. The van der Waals surface area contributed by atoms with E-state index in [9.17, 15) is 0 Å². The summed E-state index contributed by atoms with van der Waals surface area (Å²) in [6.45, 7) is 4.13. The molecule has 2 aromatic heterocycles. The highest BCUT2D eigenvalue weighted by molar-refractivity contribution is 9.10. The molecule has 2 rings (SSSR count). The Morgan fingerprint density at radius 1 is 1.44 bits per heavy atom. The summed E-state index contributed by atoms with van der Waals surface area (Å²) in [4.78, 5) is 4.12. The average Bonchev–Trinajstić information content (AvgIpc) is 2.70. The summed E-state index contributed by atoms with van der Waals surface area (Å²) in [5.41, 5.74) is 0. The molecule has 0 N–H and O–H groups in total. The molecule has 0 amide bonds. The molecule has 0 radical (unpaired) electrons. The van der Waals surface area contributed by atoms with E-state index in [1.807, 2.05) is 23.0 Å². The van der Waals surface area contributed by atoms with Crippen molar-refractivity contribution in [1.82, 2.24) is 14.8 Å². The first-order valence-corrected chi connectivity index (χ1v) is 5.78. The van der Waals surface area contributed by atoms with Crippen molar-refractivity contribution in [2.75, 3.05) is 0 Å². The molecule has 84 valence electrons. The van der Waals surface area contributed by atoms with Crippen LogP contribution in [-0.2, 0) is 0 Å². The van der Waals surface area contributed by atoms with Gasteiger partial charge in [0.05, 0.1) is 16.9 Å². The van der Waals surface area contributed by atoms with E-state index < -0.39 is 0 Å². The zero-order chi connectivity index (χ0) is 11.5. The standard InChI is InChI=1S/C11H12BrN3O/c1-8(2)15-7-9(6-14-15)16-11-10(12)4-3-5-13-11/h3-8H,1-2H3. The topological polar surface area (TPSA) is 39.9 Å². The first-order valence-electron chi connectivity index (χ1n) is 4.99. The molecule has 0 aliphatic heterocycles. The fourth-order valence-corrected chi connectivity index (χ4v) is 1.55. The minimum atomic E-state index is 0.324. The third kappa shape index (κ3) is 2.41. The molecule has 2 heterocycles. The molecule has 0 aliphatic carbocycles. The fourth-order valence-electron chi connectivity index (χ4n) is 1.21.